The van der Waals surface area contributed by atoms with Crippen LogP contribution in [-0.4, -0.2) is 46.7 Å². The standard InChI is InChI=1S/C19H22F3N5.HI/c1-23-18(25-13-17-24-9-12-27(17)14-19(20,21)22)26-10-7-16(8-11-26)15-5-3-2-4-6-15;/h2-7,9,12H,8,10-11,13-14H2,1H3,(H,23,25);1H. The van der Waals surface area contributed by atoms with Crippen LogP contribution in [0, 0.1) is 0 Å². The normalized spacial score (nSPS) is 15.1. The number of nitrogens with zero attached hydrogens (tertiary/aromatic N) is 4. The Bertz CT molecular complexity index is 814. The Kier molecular flexibility index (Phi) is 7.90. The number of aromatic nitrogens is 2. The molecule has 1 aromatic heterocycles. The highest BCUT2D eigenvalue weighted by Gasteiger charge is 2.28. The van der Waals surface area contributed by atoms with Gasteiger partial charge in [-0.2, -0.15) is 13.2 Å². The topological polar surface area (TPSA) is 45.5 Å². The van der Waals surface area contributed by atoms with Crippen molar-refractivity contribution in [1.82, 2.24) is 19.8 Å². The molecule has 0 amide bonds. The van der Waals surface area contributed by atoms with Gasteiger partial charge in [0, 0.05) is 32.5 Å². The quantitative estimate of drug-likeness (QED) is 0.389. The van der Waals surface area contributed by atoms with Gasteiger partial charge >= 0.3 is 6.18 Å². The molecule has 2 heterocycles. The number of rotatable bonds is 4. The van der Waals surface area contributed by atoms with E-state index in [1.807, 2.05) is 18.2 Å². The number of alkyl halides is 3. The van der Waals surface area contributed by atoms with Gasteiger partial charge in [0.25, 0.3) is 0 Å². The van der Waals surface area contributed by atoms with Crippen molar-refractivity contribution >= 4 is 35.5 Å². The average Bonchev–Trinajstić information content (AvgIpc) is 3.09. The van der Waals surface area contributed by atoms with Gasteiger partial charge in [0.15, 0.2) is 5.96 Å². The van der Waals surface area contributed by atoms with E-state index in [4.69, 9.17) is 0 Å². The summed E-state index contributed by atoms with van der Waals surface area (Å²) in [6, 6.07) is 10.2. The van der Waals surface area contributed by atoms with Crippen LogP contribution in [0.25, 0.3) is 5.57 Å². The minimum Gasteiger partial charge on any atom is -0.349 e. The third-order valence-corrected chi connectivity index (χ3v) is 4.42. The van der Waals surface area contributed by atoms with Crippen molar-refractivity contribution < 1.29 is 13.2 Å². The predicted octanol–water partition coefficient (Wildman–Crippen LogP) is 3.93. The highest BCUT2D eigenvalue weighted by Crippen LogP contribution is 2.22. The molecule has 0 atom stereocenters. The van der Waals surface area contributed by atoms with Crippen molar-refractivity contribution in [3.05, 3.63) is 60.2 Å². The second-order valence-electron chi connectivity index (χ2n) is 6.28. The Labute approximate surface area is 179 Å². The molecular weight excluding hydrogens is 482 g/mol. The molecule has 0 spiro atoms. The maximum absolute atomic E-state index is 12.6. The fraction of sp³-hybridized carbons (Fsp3) is 0.368. The lowest BCUT2D eigenvalue weighted by atomic mass is 10.00. The van der Waals surface area contributed by atoms with Gasteiger partial charge in [-0.05, 0) is 17.6 Å². The van der Waals surface area contributed by atoms with Crippen LogP contribution in [0.1, 0.15) is 17.8 Å². The van der Waals surface area contributed by atoms with Crippen LogP contribution in [-0.2, 0) is 13.1 Å². The maximum Gasteiger partial charge on any atom is 0.406 e. The second kappa shape index (κ2) is 9.94. The highest BCUT2D eigenvalue weighted by molar-refractivity contribution is 14.0. The molecule has 0 unspecified atom stereocenters. The molecule has 3 rings (SSSR count). The van der Waals surface area contributed by atoms with E-state index >= 15 is 0 Å². The molecule has 28 heavy (non-hydrogen) atoms. The van der Waals surface area contributed by atoms with Crippen LogP contribution in [0.5, 0.6) is 0 Å². The summed E-state index contributed by atoms with van der Waals surface area (Å²) in [6.45, 7) is 0.620. The lowest BCUT2D eigenvalue weighted by Crippen LogP contribution is -2.43. The monoisotopic (exact) mass is 505 g/mol. The third-order valence-electron chi connectivity index (χ3n) is 4.42. The number of guanidine groups is 1. The maximum atomic E-state index is 12.6. The van der Waals surface area contributed by atoms with E-state index in [0.29, 0.717) is 18.3 Å². The molecule has 0 fully saturated rings. The number of hydrogen-bond donors (Lipinski definition) is 1. The average molecular weight is 505 g/mol. The van der Waals surface area contributed by atoms with Crippen LogP contribution in [0.15, 0.2) is 53.8 Å². The van der Waals surface area contributed by atoms with E-state index in [0.717, 1.165) is 17.5 Å². The number of hydrogen-bond acceptors (Lipinski definition) is 2. The zero-order valence-electron chi connectivity index (χ0n) is 15.5. The van der Waals surface area contributed by atoms with Gasteiger partial charge < -0.3 is 14.8 Å². The van der Waals surface area contributed by atoms with E-state index in [1.165, 1.54) is 23.5 Å². The Balaban J connectivity index is 0.00000280. The van der Waals surface area contributed by atoms with E-state index in [2.05, 4.69) is 38.4 Å². The first-order valence-corrected chi connectivity index (χ1v) is 8.73. The SMILES string of the molecule is CN=C(NCc1nccn1CC(F)(F)F)N1CC=C(c2ccccc2)CC1.I. The van der Waals surface area contributed by atoms with Gasteiger partial charge in [0.05, 0.1) is 6.54 Å². The summed E-state index contributed by atoms with van der Waals surface area (Å²) in [5.41, 5.74) is 2.51. The first-order chi connectivity index (χ1) is 13.0. The van der Waals surface area contributed by atoms with Gasteiger partial charge in [-0.3, -0.25) is 4.99 Å². The summed E-state index contributed by atoms with van der Waals surface area (Å²) in [4.78, 5) is 10.3. The Morgan fingerprint density at radius 3 is 2.61 bits per heavy atom. The molecule has 1 aromatic carbocycles. The number of aliphatic imine (C=N–C) groups is 1. The number of halogens is 4. The molecule has 152 valence electrons. The van der Waals surface area contributed by atoms with Crippen molar-refractivity contribution in [2.75, 3.05) is 20.1 Å². The predicted molar refractivity (Wildman–Crippen MR) is 115 cm³/mol. The van der Waals surface area contributed by atoms with Crippen LogP contribution < -0.4 is 5.32 Å². The Hall–Kier alpha value is -2.04. The molecule has 5 nitrogen and oxygen atoms in total. The van der Waals surface area contributed by atoms with Gasteiger partial charge in [-0.1, -0.05) is 36.4 Å². The Morgan fingerprint density at radius 1 is 1.25 bits per heavy atom. The largest absolute Gasteiger partial charge is 0.406 e. The van der Waals surface area contributed by atoms with Crippen molar-refractivity contribution in [3.63, 3.8) is 0 Å². The summed E-state index contributed by atoms with van der Waals surface area (Å²) < 4.78 is 39.0. The summed E-state index contributed by atoms with van der Waals surface area (Å²) in [5, 5.41) is 3.12. The van der Waals surface area contributed by atoms with Gasteiger partial charge in [0.2, 0.25) is 0 Å². The van der Waals surface area contributed by atoms with Crippen molar-refractivity contribution in [3.8, 4) is 0 Å². The number of nitrogens with one attached hydrogen (secondary N) is 1. The van der Waals surface area contributed by atoms with Crippen molar-refractivity contribution in [2.24, 2.45) is 4.99 Å². The smallest absolute Gasteiger partial charge is 0.349 e. The summed E-state index contributed by atoms with van der Waals surface area (Å²) >= 11 is 0. The lowest BCUT2D eigenvalue weighted by molar-refractivity contribution is -0.141. The second-order valence-corrected chi connectivity index (χ2v) is 6.28. The Morgan fingerprint density at radius 2 is 2.00 bits per heavy atom. The van der Waals surface area contributed by atoms with Crippen molar-refractivity contribution in [1.29, 1.82) is 0 Å². The fourth-order valence-electron chi connectivity index (χ4n) is 3.11. The molecule has 0 bridgehead atoms. The van der Waals surface area contributed by atoms with Crippen LogP contribution in [0.2, 0.25) is 0 Å². The van der Waals surface area contributed by atoms with E-state index < -0.39 is 12.7 Å². The lowest BCUT2D eigenvalue weighted by Gasteiger charge is -2.29. The first-order valence-electron chi connectivity index (χ1n) is 8.73. The molecular formula is C19H23F3IN5. The summed E-state index contributed by atoms with van der Waals surface area (Å²) in [5.74, 6) is 0.978. The number of imidazole rings is 1. The van der Waals surface area contributed by atoms with Gasteiger partial charge in [-0.25, -0.2) is 4.98 Å². The fourth-order valence-corrected chi connectivity index (χ4v) is 3.11. The minimum absolute atomic E-state index is 0. The molecule has 2 aromatic rings. The summed E-state index contributed by atoms with van der Waals surface area (Å²) in [7, 11) is 1.67. The van der Waals surface area contributed by atoms with E-state index in [1.54, 1.807) is 7.05 Å². The molecule has 0 saturated heterocycles. The molecule has 0 saturated carbocycles. The molecule has 1 N–H and O–H groups in total. The molecule has 1 aliphatic heterocycles. The molecule has 0 aliphatic carbocycles. The minimum atomic E-state index is -4.28. The van der Waals surface area contributed by atoms with E-state index in [-0.39, 0.29) is 30.5 Å². The summed E-state index contributed by atoms with van der Waals surface area (Å²) in [6.07, 6.45) is 1.48. The van der Waals surface area contributed by atoms with Gasteiger partial charge in [-0.15, -0.1) is 24.0 Å². The van der Waals surface area contributed by atoms with Crippen LogP contribution in [0.3, 0.4) is 0 Å². The molecule has 0 radical (unpaired) electrons. The van der Waals surface area contributed by atoms with Gasteiger partial charge in [0.1, 0.15) is 12.4 Å². The van der Waals surface area contributed by atoms with Crippen LogP contribution >= 0.6 is 24.0 Å². The van der Waals surface area contributed by atoms with Crippen LogP contribution in [0.4, 0.5) is 13.2 Å². The first kappa shape index (κ1) is 22.3. The van der Waals surface area contributed by atoms with Crippen molar-refractivity contribution in [2.45, 2.75) is 25.7 Å². The zero-order valence-corrected chi connectivity index (χ0v) is 17.8. The number of benzene rings is 1. The van der Waals surface area contributed by atoms with E-state index in [9.17, 15) is 13.2 Å². The molecule has 1 aliphatic rings. The highest BCUT2D eigenvalue weighted by atomic mass is 127. The zero-order chi connectivity index (χ0) is 19.3. The third kappa shape index (κ3) is 5.98. The molecule has 9 heteroatoms.